The molecule has 2 heterocycles. The third kappa shape index (κ3) is 4.00. The molecule has 0 saturated carbocycles. The van der Waals surface area contributed by atoms with E-state index in [-0.39, 0.29) is 18.4 Å². The number of rotatable bonds is 5. The molecular weight excluding hydrogens is 336 g/mol. The lowest BCUT2D eigenvalue weighted by Crippen LogP contribution is -2.38. The van der Waals surface area contributed by atoms with Crippen LogP contribution in [0.4, 0.5) is 0 Å². The van der Waals surface area contributed by atoms with Crippen LogP contribution in [-0.2, 0) is 16.0 Å². The minimum absolute atomic E-state index is 0.0531. The van der Waals surface area contributed by atoms with Gasteiger partial charge in [0.05, 0.1) is 15.4 Å². The van der Waals surface area contributed by atoms with Crippen molar-refractivity contribution in [3.63, 3.8) is 0 Å². The number of carbonyl (C=O) groups is 2. The molecular formula is C11H13BrN2O2S2. The van der Waals surface area contributed by atoms with E-state index in [1.807, 2.05) is 12.1 Å². The average molecular weight is 349 g/mol. The molecule has 0 aromatic carbocycles. The number of nitrogens with zero attached hydrogens (tertiary/aromatic N) is 1. The van der Waals surface area contributed by atoms with Crippen molar-refractivity contribution in [3.8, 4) is 0 Å². The highest BCUT2D eigenvalue weighted by Crippen LogP contribution is 2.22. The van der Waals surface area contributed by atoms with Crippen molar-refractivity contribution < 1.29 is 9.59 Å². The van der Waals surface area contributed by atoms with Crippen molar-refractivity contribution in [2.45, 2.75) is 6.42 Å². The van der Waals surface area contributed by atoms with Crippen LogP contribution in [0.15, 0.2) is 15.9 Å². The summed E-state index contributed by atoms with van der Waals surface area (Å²) in [5.41, 5.74) is 0. The molecule has 1 aromatic heterocycles. The Kier molecular flexibility index (Phi) is 5.08. The van der Waals surface area contributed by atoms with E-state index in [4.69, 9.17) is 0 Å². The van der Waals surface area contributed by atoms with Gasteiger partial charge in [-0.05, 0) is 34.5 Å². The normalized spacial score (nSPS) is 15.2. The van der Waals surface area contributed by atoms with Gasteiger partial charge in [0.1, 0.15) is 6.54 Å². The standard InChI is InChI=1S/C11H13BrN2O2S2/c12-9-2-1-8(18-9)3-4-13-10(15)5-14-7-17-6-11(14)16/h1-2H,3-7H2,(H,13,15). The second-order valence-electron chi connectivity index (χ2n) is 3.88. The Morgan fingerprint density at radius 3 is 2.94 bits per heavy atom. The van der Waals surface area contributed by atoms with E-state index in [2.05, 4.69) is 21.2 Å². The summed E-state index contributed by atoms with van der Waals surface area (Å²) in [6.45, 7) is 0.793. The maximum atomic E-state index is 11.6. The molecule has 2 amide bonds. The fraction of sp³-hybridized carbons (Fsp3) is 0.455. The van der Waals surface area contributed by atoms with Gasteiger partial charge in [-0.3, -0.25) is 9.59 Å². The second kappa shape index (κ2) is 6.58. The molecule has 1 aliphatic rings. The summed E-state index contributed by atoms with van der Waals surface area (Å²) >= 11 is 6.62. The Morgan fingerprint density at radius 1 is 1.50 bits per heavy atom. The fourth-order valence-electron chi connectivity index (χ4n) is 1.58. The van der Waals surface area contributed by atoms with Crippen LogP contribution >= 0.6 is 39.0 Å². The monoisotopic (exact) mass is 348 g/mol. The van der Waals surface area contributed by atoms with E-state index >= 15 is 0 Å². The summed E-state index contributed by atoms with van der Waals surface area (Å²) in [5, 5.41) is 2.84. The maximum absolute atomic E-state index is 11.6. The molecule has 98 valence electrons. The van der Waals surface area contributed by atoms with Crippen LogP contribution in [0.2, 0.25) is 0 Å². The van der Waals surface area contributed by atoms with Crippen LogP contribution in [-0.4, -0.2) is 41.4 Å². The van der Waals surface area contributed by atoms with Crippen molar-refractivity contribution in [3.05, 3.63) is 20.8 Å². The first-order valence-corrected chi connectivity index (χ1v) is 8.28. The van der Waals surface area contributed by atoms with E-state index in [9.17, 15) is 9.59 Å². The molecule has 1 aliphatic heterocycles. The molecule has 1 aromatic rings. The third-order valence-electron chi connectivity index (χ3n) is 2.48. The smallest absolute Gasteiger partial charge is 0.239 e. The van der Waals surface area contributed by atoms with Gasteiger partial charge in [0.2, 0.25) is 11.8 Å². The van der Waals surface area contributed by atoms with Crippen LogP contribution < -0.4 is 5.32 Å². The summed E-state index contributed by atoms with van der Waals surface area (Å²) < 4.78 is 1.10. The fourth-order valence-corrected chi connectivity index (χ4v) is 3.97. The second-order valence-corrected chi connectivity index (χ2v) is 7.38. The van der Waals surface area contributed by atoms with Crippen LogP contribution in [0.3, 0.4) is 0 Å². The first kappa shape index (κ1) is 13.9. The summed E-state index contributed by atoms with van der Waals surface area (Å²) in [7, 11) is 0. The number of thiophene rings is 1. The molecule has 1 fully saturated rings. The Bertz CT molecular complexity index is 450. The third-order valence-corrected chi connectivity index (χ3v) is 5.11. The van der Waals surface area contributed by atoms with Crippen LogP contribution in [0, 0.1) is 0 Å². The Hall–Kier alpha value is -0.530. The van der Waals surface area contributed by atoms with Crippen LogP contribution in [0.25, 0.3) is 0 Å². The van der Waals surface area contributed by atoms with Gasteiger partial charge in [0.15, 0.2) is 0 Å². The number of hydrogen-bond acceptors (Lipinski definition) is 4. The first-order valence-electron chi connectivity index (χ1n) is 5.51. The molecule has 4 nitrogen and oxygen atoms in total. The average Bonchev–Trinajstić information content (AvgIpc) is 2.89. The molecule has 7 heteroatoms. The molecule has 0 aliphatic carbocycles. The van der Waals surface area contributed by atoms with Gasteiger partial charge in [0, 0.05) is 11.4 Å². The molecule has 0 atom stereocenters. The van der Waals surface area contributed by atoms with Gasteiger partial charge in [-0.15, -0.1) is 23.1 Å². The highest BCUT2D eigenvalue weighted by molar-refractivity contribution is 9.11. The zero-order valence-electron chi connectivity index (χ0n) is 9.65. The molecule has 18 heavy (non-hydrogen) atoms. The number of thioether (sulfide) groups is 1. The van der Waals surface area contributed by atoms with E-state index in [0.717, 1.165) is 10.2 Å². The Labute approximate surface area is 122 Å². The number of halogens is 1. The lowest BCUT2D eigenvalue weighted by Gasteiger charge is -2.13. The molecule has 0 unspecified atom stereocenters. The topological polar surface area (TPSA) is 49.4 Å². The highest BCUT2D eigenvalue weighted by Gasteiger charge is 2.22. The lowest BCUT2D eigenvalue weighted by molar-refractivity contribution is -0.132. The number of nitrogens with one attached hydrogen (secondary N) is 1. The van der Waals surface area contributed by atoms with Crippen molar-refractivity contribution in [1.29, 1.82) is 0 Å². The van der Waals surface area contributed by atoms with E-state index in [0.29, 0.717) is 18.2 Å². The van der Waals surface area contributed by atoms with Crippen molar-refractivity contribution in [2.24, 2.45) is 0 Å². The van der Waals surface area contributed by atoms with Crippen molar-refractivity contribution in [2.75, 3.05) is 24.7 Å². The lowest BCUT2D eigenvalue weighted by atomic mass is 10.3. The van der Waals surface area contributed by atoms with Gasteiger partial charge < -0.3 is 10.2 Å². The summed E-state index contributed by atoms with van der Waals surface area (Å²) in [6, 6.07) is 4.05. The van der Waals surface area contributed by atoms with Crippen LogP contribution in [0.5, 0.6) is 0 Å². The Balaban J connectivity index is 1.67. The largest absolute Gasteiger partial charge is 0.354 e. The number of carbonyl (C=O) groups excluding carboxylic acids is 2. The zero-order valence-corrected chi connectivity index (χ0v) is 12.9. The summed E-state index contributed by atoms with van der Waals surface area (Å²) in [6.07, 6.45) is 0.824. The van der Waals surface area contributed by atoms with Gasteiger partial charge in [-0.25, -0.2) is 0 Å². The van der Waals surface area contributed by atoms with Gasteiger partial charge in [-0.2, -0.15) is 0 Å². The minimum atomic E-state index is -0.0820. The molecule has 2 rings (SSSR count). The molecule has 0 radical (unpaired) electrons. The van der Waals surface area contributed by atoms with E-state index in [1.54, 1.807) is 28.0 Å². The molecule has 1 N–H and O–H groups in total. The SMILES string of the molecule is O=C(CN1CSCC1=O)NCCc1ccc(Br)s1. The van der Waals surface area contributed by atoms with Gasteiger partial charge in [0.25, 0.3) is 0 Å². The quantitative estimate of drug-likeness (QED) is 0.880. The van der Waals surface area contributed by atoms with E-state index in [1.165, 1.54) is 4.88 Å². The van der Waals surface area contributed by atoms with Gasteiger partial charge >= 0.3 is 0 Å². The summed E-state index contributed by atoms with van der Waals surface area (Å²) in [5.74, 6) is 1.10. The van der Waals surface area contributed by atoms with E-state index < -0.39 is 0 Å². The highest BCUT2D eigenvalue weighted by atomic mass is 79.9. The number of hydrogen-bond donors (Lipinski definition) is 1. The molecule has 0 spiro atoms. The maximum Gasteiger partial charge on any atom is 0.239 e. The van der Waals surface area contributed by atoms with Gasteiger partial charge in [-0.1, -0.05) is 0 Å². The van der Waals surface area contributed by atoms with Crippen LogP contribution in [0.1, 0.15) is 4.88 Å². The molecule has 0 bridgehead atoms. The molecule has 1 saturated heterocycles. The minimum Gasteiger partial charge on any atom is -0.354 e. The Morgan fingerprint density at radius 2 is 2.33 bits per heavy atom. The first-order chi connectivity index (χ1) is 8.65. The zero-order chi connectivity index (χ0) is 13.0. The predicted molar refractivity (Wildman–Crippen MR) is 77.8 cm³/mol. The predicted octanol–water partition coefficient (Wildman–Crippen LogP) is 1.70. The van der Waals surface area contributed by atoms with Crippen molar-refractivity contribution >= 4 is 50.8 Å². The number of amides is 2. The summed E-state index contributed by atoms with van der Waals surface area (Å²) in [4.78, 5) is 25.8. The van der Waals surface area contributed by atoms with Crippen molar-refractivity contribution in [1.82, 2.24) is 10.2 Å².